The molecular weight excluding hydrogens is 212 g/mol. The molecule has 1 aromatic rings. The Hall–Kier alpha value is -1.64. The van der Waals surface area contributed by atoms with E-state index in [0.29, 0.717) is 5.41 Å². The van der Waals surface area contributed by atoms with Gasteiger partial charge in [-0.2, -0.15) is 5.10 Å². The zero-order valence-corrected chi connectivity index (χ0v) is 9.73. The Bertz CT molecular complexity index is 449. The van der Waals surface area contributed by atoms with Gasteiger partial charge in [-0.25, -0.2) is 5.43 Å². The number of hydrogen-bond donors (Lipinski definition) is 1. The van der Waals surface area contributed by atoms with Crippen LogP contribution in [0.15, 0.2) is 35.4 Å². The highest BCUT2D eigenvalue weighted by Crippen LogP contribution is 2.65. The third-order valence-electron chi connectivity index (χ3n) is 4.04. The first kappa shape index (κ1) is 10.5. The zero-order valence-electron chi connectivity index (χ0n) is 9.73. The highest BCUT2D eigenvalue weighted by atomic mass is 16.2. The van der Waals surface area contributed by atoms with E-state index in [1.165, 1.54) is 19.3 Å². The number of nitrogens with one attached hydrogen (secondary N) is 1. The van der Waals surface area contributed by atoms with Gasteiger partial charge in [-0.1, -0.05) is 36.8 Å². The molecule has 0 radical (unpaired) electrons. The minimum absolute atomic E-state index is 0.0943. The van der Waals surface area contributed by atoms with Gasteiger partial charge in [0.15, 0.2) is 0 Å². The summed E-state index contributed by atoms with van der Waals surface area (Å²) in [6, 6.07) is 9.78. The number of benzene rings is 1. The smallest absolute Gasteiger partial charge is 0.243 e. The summed E-state index contributed by atoms with van der Waals surface area (Å²) in [5.41, 5.74) is 4.03. The third kappa shape index (κ3) is 1.97. The lowest BCUT2D eigenvalue weighted by Gasteiger charge is -2.25. The quantitative estimate of drug-likeness (QED) is 0.626. The molecule has 0 bridgehead atoms. The molecule has 1 N–H and O–H groups in total. The van der Waals surface area contributed by atoms with Gasteiger partial charge < -0.3 is 0 Å². The Balaban J connectivity index is 1.52. The first-order chi connectivity index (χ1) is 8.30. The van der Waals surface area contributed by atoms with E-state index in [1.807, 2.05) is 30.3 Å². The van der Waals surface area contributed by atoms with Gasteiger partial charge in [0.05, 0.1) is 6.21 Å². The van der Waals surface area contributed by atoms with E-state index in [2.05, 4.69) is 10.5 Å². The molecule has 1 amide bonds. The largest absolute Gasteiger partial charge is 0.273 e. The van der Waals surface area contributed by atoms with Gasteiger partial charge in [0, 0.05) is 5.92 Å². The van der Waals surface area contributed by atoms with Crippen LogP contribution in [-0.4, -0.2) is 12.1 Å². The predicted octanol–water partition coefficient (Wildman–Crippen LogP) is 2.33. The predicted molar refractivity (Wildman–Crippen MR) is 66.6 cm³/mol. The van der Waals surface area contributed by atoms with Crippen LogP contribution >= 0.6 is 0 Å². The van der Waals surface area contributed by atoms with Crippen LogP contribution in [-0.2, 0) is 4.79 Å². The number of rotatable bonds is 3. The minimum Gasteiger partial charge on any atom is -0.273 e. The second-order valence-corrected chi connectivity index (χ2v) is 5.12. The van der Waals surface area contributed by atoms with Crippen molar-refractivity contribution in [2.24, 2.45) is 16.4 Å². The standard InChI is InChI=1S/C14H16N2O/c17-13(12-9-14(12)7-4-8-14)16-15-10-11-5-2-1-3-6-11/h1-3,5-6,10,12H,4,7-9H2,(H,16,17)/b15-10-/t12-/m0/s1. The molecule has 0 aliphatic heterocycles. The molecule has 2 aliphatic carbocycles. The van der Waals surface area contributed by atoms with Crippen LogP contribution < -0.4 is 5.43 Å². The number of nitrogens with zero attached hydrogens (tertiary/aromatic N) is 1. The third-order valence-corrected chi connectivity index (χ3v) is 4.04. The van der Waals surface area contributed by atoms with Gasteiger partial charge in [-0.3, -0.25) is 4.79 Å². The van der Waals surface area contributed by atoms with E-state index in [4.69, 9.17) is 0 Å². The van der Waals surface area contributed by atoms with E-state index in [0.717, 1.165) is 12.0 Å². The van der Waals surface area contributed by atoms with Gasteiger partial charge in [0.25, 0.3) is 0 Å². The van der Waals surface area contributed by atoms with Crippen LogP contribution in [0.1, 0.15) is 31.2 Å². The van der Waals surface area contributed by atoms with Crippen LogP contribution in [0.2, 0.25) is 0 Å². The Morgan fingerprint density at radius 2 is 2.12 bits per heavy atom. The van der Waals surface area contributed by atoms with Gasteiger partial charge in [0.1, 0.15) is 0 Å². The maximum absolute atomic E-state index is 11.8. The number of hydrazone groups is 1. The fourth-order valence-electron chi connectivity index (χ4n) is 2.69. The van der Waals surface area contributed by atoms with Crippen LogP contribution in [0.5, 0.6) is 0 Å². The van der Waals surface area contributed by atoms with Crippen molar-refractivity contribution in [3.05, 3.63) is 35.9 Å². The normalized spacial score (nSPS) is 24.6. The summed E-state index contributed by atoms with van der Waals surface area (Å²) in [6.45, 7) is 0. The highest BCUT2D eigenvalue weighted by molar-refractivity contribution is 5.85. The molecule has 0 saturated heterocycles. The van der Waals surface area contributed by atoms with Gasteiger partial charge in [0.2, 0.25) is 5.91 Å². The molecule has 3 rings (SSSR count). The molecule has 2 saturated carbocycles. The maximum Gasteiger partial charge on any atom is 0.243 e. The van der Waals surface area contributed by atoms with E-state index >= 15 is 0 Å². The van der Waals surface area contributed by atoms with Crippen LogP contribution in [0, 0.1) is 11.3 Å². The Kier molecular flexibility index (Phi) is 2.46. The summed E-state index contributed by atoms with van der Waals surface area (Å²) in [5, 5.41) is 4.00. The average molecular weight is 228 g/mol. The molecule has 0 aromatic heterocycles. The Morgan fingerprint density at radius 3 is 2.71 bits per heavy atom. The SMILES string of the molecule is O=C(N/N=C\c1ccccc1)[C@@H]1CC12CCC2. The van der Waals surface area contributed by atoms with E-state index in [9.17, 15) is 4.79 Å². The van der Waals surface area contributed by atoms with E-state index in [1.54, 1.807) is 6.21 Å². The molecule has 1 atom stereocenters. The summed E-state index contributed by atoms with van der Waals surface area (Å²) in [6.07, 6.45) is 6.51. The van der Waals surface area contributed by atoms with Crippen molar-refractivity contribution in [3.8, 4) is 0 Å². The molecule has 17 heavy (non-hydrogen) atoms. The Morgan fingerprint density at radius 1 is 1.35 bits per heavy atom. The lowest BCUT2D eigenvalue weighted by atomic mass is 9.80. The van der Waals surface area contributed by atoms with Crippen LogP contribution in [0.25, 0.3) is 0 Å². The van der Waals surface area contributed by atoms with Crippen molar-refractivity contribution in [3.63, 3.8) is 0 Å². The summed E-state index contributed by atoms with van der Waals surface area (Å²) in [7, 11) is 0. The number of carbonyl (C=O) groups excluding carboxylic acids is 1. The molecule has 3 nitrogen and oxygen atoms in total. The summed E-state index contributed by atoms with van der Waals surface area (Å²) in [5.74, 6) is 0.320. The second-order valence-electron chi connectivity index (χ2n) is 5.12. The van der Waals surface area contributed by atoms with Crippen LogP contribution in [0.4, 0.5) is 0 Å². The minimum atomic E-state index is 0.0943. The fraction of sp³-hybridized carbons (Fsp3) is 0.429. The molecule has 1 spiro atoms. The number of hydrogen-bond acceptors (Lipinski definition) is 2. The van der Waals surface area contributed by atoms with Crippen molar-refractivity contribution in [2.75, 3.05) is 0 Å². The van der Waals surface area contributed by atoms with Gasteiger partial charge >= 0.3 is 0 Å². The molecular formula is C14H16N2O. The monoisotopic (exact) mass is 228 g/mol. The van der Waals surface area contributed by atoms with Crippen molar-refractivity contribution in [1.82, 2.24) is 5.43 Å². The van der Waals surface area contributed by atoms with Crippen molar-refractivity contribution >= 4 is 12.1 Å². The topological polar surface area (TPSA) is 41.5 Å². The maximum atomic E-state index is 11.8. The molecule has 3 heteroatoms. The summed E-state index contributed by atoms with van der Waals surface area (Å²) >= 11 is 0. The van der Waals surface area contributed by atoms with Gasteiger partial charge in [-0.15, -0.1) is 0 Å². The highest BCUT2D eigenvalue weighted by Gasteiger charge is 2.60. The van der Waals surface area contributed by atoms with E-state index in [-0.39, 0.29) is 11.8 Å². The zero-order chi connectivity index (χ0) is 11.7. The molecule has 1 aromatic carbocycles. The lowest BCUT2D eigenvalue weighted by molar-refractivity contribution is -0.123. The molecule has 0 unspecified atom stereocenters. The lowest BCUT2D eigenvalue weighted by Crippen LogP contribution is -2.26. The summed E-state index contributed by atoms with van der Waals surface area (Å²) < 4.78 is 0. The van der Waals surface area contributed by atoms with Crippen molar-refractivity contribution in [1.29, 1.82) is 0 Å². The van der Waals surface area contributed by atoms with Crippen molar-refractivity contribution in [2.45, 2.75) is 25.7 Å². The summed E-state index contributed by atoms with van der Waals surface area (Å²) in [4.78, 5) is 11.8. The van der Waals surface area contributed by atoms with Gasteiger partial charge in [-0.05, 0) is 30.2 Å². The fourth-order valence-corrected chi connectivity index (χ4v) is 2.69. The second kappa shape index (κ2) is 3.99. The van der Waals surface area contributed by atoms with E-state index < -0.39 is 0 Å². The first-order valence-electron chi connectivity index (χ1n) is 6.18. The molecule has 2 aliphatic rings. The molecule has 2 fully saturated rings. The number of amides is 1. The van der Waals surface area contributed by atoms with Crippen LogP contribution in [0.3, 0.4) is 0 Å². The number of carbonyl (C=O) groups is 1. The Labute approximate surface area is 101 Å². The first-order valence-corrected chi connectivity index (χ1v) is 6.18. The van der Waals surface area contributed by atoms with Crippen molar-refractivity contribution < 1.29 is 4.79 Å². The average Bonchev–Trinajstić information content (AvgIpc) is 3.05. The molecule has 0 heterocycles. The molecule has 88 valence electrons.